The maximum atomic E-state index is 12.6. The Labute approximate surface area is 120 Å². The fourth-order valence-electron chi connectivity index (χ4n) is 2.35. The number of hydrogen-bond donors (Lipinski definition) is 1. The Bertz CT molecular complexity index is 751. The number of alkyl halides is 2. The van der Waals surface area contributed by atoms with Gasteiger partial charge < -0.3 is 5.11 Å². The highest BCUT2D eigenvalue weighted by molar-refractivity contribution is 5.82. The summed E-state index contributed by atoms with van der Waals surface area (Å²) in [5.74, 6) is 0. The Morgan fingerprint density at radius 3 is 2.24 bits per heavy atom. The summed E-state index contributed by atoms with van der Waals surface area (Å²) in [5.41, 5.74) is 1.89. The average molecular weight is 285 g/mol. The Morgan fingerprint density at radius 2 is 1.52 bits per heavy atom. The second-order valence-corrected chi connectivity index (χ2v) is 4.79. The van der Waals surface area contributed by atoms with Gasteiger partial charge in [-0.05, 0) is 11.6 Å². The van der Waals surface area contributed by atoms with Crippen molar-refractivity contribution in [3.05, 3.63) is 77.5 Å². The number of pyridine rings is 1. The monoisotopic (exact) mass is 285 g/mol. The van der Waals surface area contributed by atoms with Gasteiger partial charge in [-0.15, -0.1) is 0 Å². The Balaban J connectivity index is 2.02. The highest BCUT2D eigenvalue weighted by Gasteiger charge is 2.15. The maximum absolute atomic E-state index is 12.6. The molecular weight excluding hydrogens is 272 g/mol. The zero-order valence-electron chi connectivity index (χ0n) is 11.1. The summed E-state index contributed by atoms with van der Waals surface area (Å²) in [5, 5.41) is 11.4. The zero-order chi connectivity index (χ0) is 14.8. The number of nitrogens with zero attached hydrogens (tertiary/aromatic N) is 1. The van der Waals surface area contributed by atoms with E-state index in [1.165, 1.54) is 24.3 Å². The van der Waals surface area contributed by atoms with Gasteiger partial charge in [0, 0.05) is 22.7 Å². The number of rotatable bonds is 3. The quantitative estimate of drug-likeness (QED) is 0.780. The standard InChI is InChI=1S/C17H13F2NO/c18-17(19)13-8-6-12(7-9-13)16(21)14-5-1-3-11-4-2-10-20-15(11)14/h1-10,16-17,21H. The molecule has 0 saturated heterocycles. The van der Waals surface area contributed by atoms with Crippen molar-refractivity contribution in [3.8, 4) is 0 Å². The van der Waals surface area contributed by atoms with Crippen molar-refractivity contribution in [1.29, 1.82) is 0 Å². The van der Waals surface area contributed by atoms with Crippen LogP contribution < -0.4 is 0 Å². The number of hydrogen-bond acceptors (Lipinski definition) is 2. The van der Waals surface area contributed by atoms with Gasteiger partial charge in [-0.2, -0.15) is 0 Å². The zero-order valence-corrected chi connectivity index (χ0v) is 11.1. The number of aliphatic hydroxyl groups is 1. The minimum atomic E-state index is -2.50. The molecule has 0 aliphatic heterocycles. The highest BCUT2D eigenvalue weighted by Crippen LogP contribution is 2.29. The summed E-state index contributed by atoms with van der Waals surface area (Å²) in [6.07, 6.45) is -1.73. The molecular formula is C17H13F2NO. The number of para-hydroxylation sites is 1. The Hall–Kier alpha value is -2.33. The molecule has 1 unspecified atom stereocenters. The van der Waals surface area contributed by atoms with E-state index in [1.807, 2.05) is 24.3 Å². The SMILES string of the molecule is OC(c1ccc(C(F)F)cc1)c1cccc2cccnc12. The van der Waals surface area contributed by atoms with Crippen molar-refractivity contribution in [2.45, 2.75) is 12.5 Å². The van der Waals surface area contributed by atoms with Crippen LogP contribution in [0.1, 0.15) is 29.2 Å². The summed E-state index contributed by atoms with van der Waals surface area (Å²) >= 11 is 0. The molecule has 1 aromatic heterocycles. The van der Waals surface area contributed by atoms with Crippen LogP contribution in [0, 0.1) is 0 Å². The van der Waals surface area contributed by atoms with E-state index in [2.05, 4.69) is 4.98 Å². The lowest BCUT2D eigenvalue weighted by Crippen LogP contribution is -2.01. The van der Waals surface area contributed by atoms with E-state index < -0.39 is 12.5 Å². The van der Waals surface area contributed by atoms with E-state index in [-0.39, 0.29) is 5.56 Å². The van der Waals surface area contributed by atoms with Crippen molar-refractivity contribution < 1.29 is 13.9 Å². The average Bonchev–Trinajstić information content (AvgIpc) is 2.53. The molecule has 3 rings (SSSR count). The number of aromatic nitrogens is 1. The van der Waals surface area contributed by atoms with Crippen molar-refractivity contribution in [1.82, 2.24) is 4.98 Å². The molecule has 0 spiro atoms. The van der Waals surface area contributed by atoms with E-state index >= 15 is 0 Å². The lowest BCUT2D eigenvalue weighted by Gasteiger charge is -2.14. The second kappa shape index (κ2) is 5.58. The van der Waals surface area contributed by atoms with E-state index in [0.29, 0.717) is 16.6 Å². The third-order valence-corrected chi connectivity index (χ3v) is 3.46. The molecule has 0 fully saturated rings. The third-order valence-electron chi connectivity index (χ3n) is 3.46. The summed E-state index contributed by atoms with van der Waals surface area (Å²) in [6.45, 7) is 0. The van der Waals surface area contributed by atoms with Gasteiger partial charge in [0.1, 0.15) is 6.10 Å². The predicted molar refractivity (Wildman–Crippen MR) is 77.2 cm³/mol. The first-order valence-corrected chi connectivity index (χ1v) is 6.56. The van der Waals surface area contributed by atoms with Gasteiger partial charge in [0.15, 0.2) is 0 Å². The van der Waals surface area contributed by atoms with Crippen molar-refractivity contribution >= 4 is 10.9 Å². The van der Waals surface area contributed by atoms with Crippen molar-refractivity contribution in [2.24, 2.45) is 0 Å². The molecule has 0 saturated carbocycles. The largest absolute Gasteiger partial charge is 0.384 e. The fourth-order valence-corrected chi connectivity index (χ4v) is 2.35. The molecule has 4 heteroatoms. The van der Waals surface area contributed by atoms with Crippen LogP contribution in [0.4, 0.5) is 8.78 Å². The second-order valence-electron chi connectivity index (χ2n) is 4.79. The first kappa shape index (κ1) is 13.6. The molecule has 2 aromatic carbocycles. The van der Waals surface area contributed by atoms with Crippen LogP contribution in [0.15, 0.2) is 60.8 Å². The topological polar surface area (TPSA) is 33.1 Å². The van der Waals surface area contributed by atoms with Gasteiger partial charge in [-0.25, -0.2) is 8.78 Å². The normalized spacial score (nSPS) is 12.8. The smallest absolute Gasteiger partial charge is 0.263 e. The van der Waals surface area contributed by atoms with Gasteiger partial charge in [-0.1, -0.05) is 48.5 Å². The van der Waals surface area contributed by atoms with Crippen LogP contribution in [-0.4, -0.2) is 10.1 Å². The molecule has 0 aliphatic rings. The van der Waals surface area contributed by atoms with Crippen LogP contribution in [-0.2, 0) is 0 Å². The van der Waals surface area contributed by atoms with Crippen LogP contribution in [0.25, 0.3) is 10.9 Å². The van der Waals surface area contributed by atoms with Crippen molar-refractivity contribution in [3.63, 3.8) is 0 Å². The van der Waals surface area contributed by atoms with Crippen LogP contribution in [0.3, 0.4) is 0 Å². The first-order chi connectivity index (χ1) is 10.2. The van der Waals surface area contributed by atoms with Gasteiger partial charge in [0.25, 0.3) is 6.43 Å². The fraction of sp³-hybridized carbons (Fsp3) is 0.118. The highest BCUT2D eigenvalue weighted by atomic mass is 19.3. The molecule has 2 nitrogen and oxygen atoms in total. The van der Waals surface area contributed by atoms with E-state index in [4.69, 9.17) is 0 Å². The van der Waals surface area contributed by atoms with E-state index in [0.717, 1.165) is 5.39 Å². The molecule has 0 bridgehead atoms. The number of fused-ring (bicyclic) bond motifs is 1. The number of benzene rings is 2. The summed E-state index contributed by atoms with van der Waals surface area (Å²) in [6, 6.07) is 15.0. The third kappa shape index (κ3) is 2.62. The minimum Gasteiger partial charge on any atom is -0.384 e. The molecule has 21 heavy (non-hydrogen) atoms. The Morgan fingerprint density at radius 1 is 0.857 bits per heavy atom. The molecule has 0 radical (unpaired) electrons. The molecule has 1 heterocycles. The minimum absolute atomic E-state index is 0.0537. The lowest BCUT2D eigenvalue weighted by molar-refractivity contribution is 0.151. The van der Waals surface area contributed by atoms with E-state index in [9.17, 15) is 13.9 Å². The summed E-state index contributed by atoms with van der Waals surface area (Å²) < 4.78 is 25.1. The molecule has 0 amide bonds. The van der Waals surface area contributed by atoms with Gasteiger partial charge in [0.2, 0.25) is 0 Å². The van der Waals surface area contributed by atoms with Crippen LogP contribution in [0.5, 0.6) is 0 Å². The van der Waals surface area contributed by atoms with Crippen LogP contribution in [0.2, 0.25) is 0 Å². The lowest BCUT2D eigenvalue weighted by atomic mass is 9.98. The van der Waals surface area contributed by atoms with Gasteiger partial charge >= 0.3 is 0 Å². The van der Waals surface area contributed by atoms with Crippen molar-refractivity contribution in [2.75, 3.05) is 0 Å². The molecule has 1 N–H and O–H groups in total. The first-order valence-electron chi connectivity index (χ1n) is 6.56. The number of aliphatic hydroxyl groups excluding tert-OH is 1. The summed E-state index contributed by atoms with van der Waals surface area (Å²) in [7, 11) is 0. The molecule has 0 aliphatic carbocycles. The van der Waals surface area contributed by atoms with Crippen LogP contribution >= 0.6 is 0 Å². The van der Waals surface area contributed by atoms with Gasteiger partial charge in [0.05, 0.1) is 5.52 Å². The van der Waals surface area contributed by atoms with E-state index in [1.54, 1.807) is 12.3 Å². The molecule has 106 valence electrons. The summed E-state index contributed by atoms with van der Waals surface area (Å²) in [4.78, 5) is 4.29. The molecule has 1 atom stereocenters. The molecule has 3 aromatic rings. The maximum Gasteiger partial charge on any atom is 0.263 e. The predicted octanol–water partition coefficient (Wildman–Crippen LogP) is 4.25. The van der Waals surface area contributed by atoms with Gasteiger partial charge in [-0.3, -0.25) is 4.98 Å². The Kier molecular flexibility index (Phi) is 3.62. The number of halogens is 2.